The van der Waals surface area contributed by atoms with Crippen molar-refractivity contribution in [3.8, 4) is 22.8 Å². The van der Waals surface area contributed by atoms with Crippen LogP contribution in [0.5, 0.6) is 11.5 Å². The molecule has 1 aliphatic heterocycles. The molecule has 0 amide bonds. The Morgan fingerprint density at radius 1 is 0.906 bits per heavy atom. The van der Waals surface area contributed by atoms with E-state index in [4.69, 9.17) is 19.3 Å². The Bertz CT molecular complexity index is 1210. The van der Waals surface area contributed by atoms with Crippen molar-refractivity contribution in [3.63, 3.8) is 0 Å². The molecule has 3 heterocycles. The van der Waals surface area contributed by atoms with Crippen LogP contribution in [-0.2, 0) is 9.47 Å². The molecule has 1 saturated carbocycles. The Labute approximate surface area is 186 Å². The summed E-state index contributed by atoms with van der Waals surface area (Å²) in [5, 5.41) is 5.96. The lowest BCUT2D eigenvalue weighted by Crippen LogP contribution is -2.36. The van der Waals surface area contributed by atoms with Crippen molar-refractivity contribution in [1.29, 1.82) is 0 Å². The second-order valence-electron chi connectivity index (χ2n) is 8.33. The van der Waals surface area contributed by atoms with Crippen LogP contribution < -0.4 is 4.74 Å². The van der Waals surface area contributed by atoms with E-state index in [1.807, 2.05) is 60.8 Å². The van der Waals surface area contributed by atoms with Gasteiger partial charge in [-0.15, -0.1) is 0 Å². The van der Waals surface area contributed by atoms with Crippen LogP contribution in [0.1, 0.15) is 31.7 Å². The van der Waals surface area contributed by atoms with Crippen LogP contribution in [0.15, 0.2) is 67.1 Å². The van der Waals surface area contributed by atoms with E-state index in [0.717, 1.165) is 59.5 Å². The predicted molar refractivity (Wildman–Crippen MR) is 119 cm³/mol. The van der Waals surface area contributed by atoms with E-state index in [9.17, 15) is 0 Å². The minimum atomic E-state index is -0.383. The molecule has 162 valence electrons. The average Bonchev–Trinajstić information content (AvgIpc) is 3.46. The molecule has 0 bridgehead atoms. The van der Waals surface area contributed by atoms with Crippen LogP contribution in [0.3, 0.4) is 0 Å². The van der Waals surface area contributed by atoms with Gasteiger partial charge in [0.15, 0.2) is 11.4 Å². The zero-order valence-corrected chi connectivity index (χ0v) is 17.7. The number of hydrogen-bond acceptors (Lipinski definition) is 6. The molecule has 1 saturated heterocycles. The highest BCUT2D eigenvalue weighted by atomic mass is 16.7. The molecule has 2 aliphatic rings. The van der Waals surface area contributed by atoms with Crippen LogP contribution in [-0.4, -0.2) is 38.7 Å². The maximum atomic E-state index is 5.93. The molecule has 1 aliphatic carbocycles. The standard InChI is InChI=1S/C25H24N4O3/c1-2-4-20(5-3-1)32-21-8-6-18(7-9-21)23-22-16-26-17-27-24(22)29(28-23)19-10-12-25(13-11-19)30-14-15-31-25/h1-9,16-17,19H,10-15H2. The molecule has 2 aromatic carbocycles. The smallest absolute Gasteiger partial charge is 0.168 e. The molecule has 6 rings (SSSR count). The Kier molecular flexibility index (Phi) is 4.85. The highest BCUT2D eigenvalue weighted by Crippen LogP contribution is 2.41. The van der Waals surface area contributed by atoms with Gasteiger partial charge >= 0.3 is 0 Å². The first kappa shape index (κ1) is 19.4. The van der Waals surface area contributed by atoms with Crippen LogP contribution in [0.4, 0.5) is 0 Å². The summed E-state index contributed by atoms with van der Waals surface area (Å²) in [7, 11) is 0. The molecule has 0 unspecified atom stereocenters. The van der Waals surface area contributed by atoms with Gasteiger partial charge in [0.25, 0.3) is 0 Å². The van der Waals surface area contributed by atoms with E-state index < -0.39 is 0 Å². The number of ether oxygens (including phenoxy) is 3. The summed E-state index contributed by atoms with van der Waals surface area (Å²) in [6.45, 7) is 1.38. The van der Waals surface area contributed by atoms with Gasteiger partial charge in [0.1, 0.15) is 23.5 Å². The molecule has 2 aromatic heterocycles. The van der Waals surface area contributed by atoms with Crippen molar-refractivity contribution in [2.24, 2.45) is 0 Å². The van der Waals surface area contributed by atoms with Crippen molar-refractivity contribution < 1.29 is 14.2 Å². The maximum Gasteiger partial charge on any atom is 0.168 e. The molecule has 7 nitrogen and oxygen atoms in total. The quantitative estimate of drug-likeness (QED) is 0.448. The molecule has 7 heteroatoms. The molecular weight excluding hydrogens is 404 g/mol. The van der Waals surface area contributed by atoms with Gasteiger partial charge in [0.05, 0.1) is 24.6 Å². The summed E-state index contributed by atoms with van der Waals surface area (Å²) in [4.78, 5) is 8.83. The summed E-state index contributed by atoms with van der Waals surface area (Å²) >= 11 is 0. The fourth-order valence-electron chi connectivity index (χ4n) is 4.73. The maximum absolute atomic E-state index is 5.93. The first-order valence-electron chi connectivity index (χ1n) is 11.1. The summed E-state index contributed by atoms with van der Waals surface area (Å²) in [6, 6.07) is 18.0. The minimum Gasteiger partial charge on any atom is -0.457 e. The monoisotopic (exact) mass is 428 g/mol. The molecule has 4 aromatic rings. The van der Waals surface area contributed by atoms with Crippen LogP contribution in [0, 0.1) is 0 Å². The first-order chi connectivity index (χ1) is 15.8. The SMILES string of the molecule is c1ccc(Oc2ccc(-c3nn(C4CCC5(CC4)OCCO5)c4ncncc34)cc2)cc1. The number of nitrogens with zero attached hydrogens (tertiary/aromatic N) is 4. The average molecular weight is 428 g/mol. The van der Waals surface area contributed by atoms with Crippen LogP contribution in [0.25, 0.3) is 22.3 Å². The molecule has 0 radical (unpaired) electrons. The lowest BCUT2D eigenvalue weighted by Gasteiger charge is -2.35. The van der Waals surface area contributed by atoms with E-state index in [0.29, 0.717) is 13.2 Å². The Hall–Kier alpha value is -3.29. The zero-order chi connectivity index (χ0) is 21.4. The third kappa shape index (κ3) is 3.53. The van der Waals surface area contributed by atoms with Gasteiger partial charge in [-0.25, -0.2) is 14.6 Å². The Morgan fingerprint density at radius 3 is 2.38 bits per heavy atom. The van der Waals surface area contributed by atoms with Gasteiger partial charge in [0, 0.05) is 24.6 Å². The van der Waals surface area contributed by atoms with Gasteiger partial charge in [-0.1, -0.05) is 18.2 Å². The number of aromatic nitrogens is 4. The number of para-hydroxylation sites is 1. The fraction of sp³-hybridized carbons (Fsp3) is 0.320. The number of fused-ring (bicyclic) bond motifs is 1. The topological polar surface area (TPSA) is 71.3 Å². The lowest BCUT2D eigenvalue weighted by atomic mass is 9.90. The van der Waals surface area contributed by atoms with Crippen molar-refractivity contribution in [2.45, 2.75) is 37.5 Å². The second-order valence-corrected chi connectivity index (χ2v) is 8.33. The molecule has 32 heavy (non-hydrogen) atoms. The van der Waals surface area contributed by atoms with Crippen molar-refractivity contribution >= 4 is 11.0 Å². The third-order valence-corrected chi connectivity index (χ3v) is 6.35. The van der Waals surface area contributed by atoms with Crippen LogP contribution >= 0.6 is 0 Å². The predicted octanol–water partition coefficient (Wildman–Crippen LogP) is 5.14. The second kappa shape index (κ2) is 8.00. The van der Waals surface area contributed by atoms with E-state index in [1.54, 1.807) is 6.33 Å². The van der Waals surface area contributed by atoms with Gasteiger partial charge < -0.3 is 14.2 Å². The van der Waals surface area contributed by atoms with E-state index in [2.05, 4.69) is 14.6 Å². The Balaban J connectivity index is 1.28. The number of benzene rings is 2. The zero-order valence-electron chi connectivity index (χ0n) is 17.7. The van der Waals surface area contributed by atoms with Gasteiger partial charge in [-0.05, 0) is 49.2 Å². The normalized spacial score (nSPS) is 18.4. The fourth-order valence-corrected chi connectivity index (χ4v) is 4.73. The van der Waals surface area contributed by atoms with E-state index >= 15 is 0 Å². The van der Waals surface area contributed by atoms with Crippen molar-refractivity contribution in [1.82, 2.24) is 19.7 Å². The largest absolute Gasteiger partial charge is 0.457 e. The van der Waals surface area contributed by atoms with Crippen molar-refractivity contribution in [3.05, 3.63) is 67.1 Å². The molecule has 2 fully saturated rings. The third-order valence-electron chi connectivity index (χ3n) is 6.35. The lowest BCUT2D eigenvalue weighted by molar-refractivity contribution is -0.181. The van der Waals surface area contributed by atoms with Gasteiger partial charge in [0.2, 0.25) is 0 Å². The van der Waals surface area contributed by atoms with Crippen molar-refractivity contribution in [2.75, 3.05) is 13.2 Å². The van der Waals surface area contributed by atoms with Gasteiger partial charge in [-0.3, -0.25) is 0 Å². The summed E-state index contributed by atoms with van der Waals surface area (Å²) in [5.41, 5.74) is 2.77. The van der Waals surface area contributed by atoms with Gasteiger partial charge in [-0.2, -0.15) is 5.10 Å². The molecular formula is C25H24N4O3. The number of rotatable bonds is 4. The van der Waals surface area contributed by atoms with Crippen LogP contribution in [0.2, 0.25) is 0 Å². The highest BCUT2D eigenvalue weighted by Gasteiger charge is 2.41. The minimum absolute atomic E-state index is 0.264. The molecule has 0 N–H and O–H groups in total. The summed E-state index contributed by atoms with van der Waals surface area (Å²) in [6.07, 6.45) is 7.10. The highest BCUT2D eigenvalue weighted by molar-refractivity contribution is 5.90. The Morgan fingerprint density at radius 2 is 1.62 bits per heavy atom. The van der Waals surface area contributed by atoms with E-state index in [-0.39, 0.29) is 11.8 Å². The summed E-state index contributed by atoms with van der Waals surface area (Å²) < 4.78 is 19.8. The molecule has 0 atom stereocenters. The summed E-state index contributed by atoms with van der Waals surface area (Å²) in [5.74, 6) is 1.22. The van der Waals surface area contributed by atoms with E-state index in [1.165, 1.54) is 0 Å². The first-order valence-corrected chi connectivity index (χ1v) is 11.1. The molecule has 1 spiro atoms. The number of hydrogen-bond donors (Lipinski definition) is 0.